The highest BCUT2D eigenvalue weighted by Gasteiger charge is 2.14. The van der Waals surface area contributed by atoms with E-state index in [0.29, 0.717) is 22.5 Å². The zero-order valence-corrected chi connectivity index (χ0v) is 15.5. The summed E-state index contributed by atoms with van der Waals surface area (Å²) in [5, 5.41) is 13.8. The molecule has 0 aliphatic heterocycles. The van der Waals surface area contributed by atoms with E-state index in [-0.39, 0.29) is 11.6 Å². The second kappa shape index (κ2) is 7.47. The highest BCUT2D eigenvalue weighted by Crippen LogP contribution is 2.23. The number of carbonyl (C=O) groups excluding carboxylic acids is 1. The summed E-state index contributed by atoms with van der Waals surface area (Å²) in [6.07, 6.45) is 1.70. The van der Waals surface area contributed by atoms with Gasteiger partial charge in [0.25, 0.3) is 11.6 Å². The van der Waals surface area contributed by atoms with Crippen LogP contribution in [0.3, 0.4) is 0 Å². The van der Waals surface area contributed by atoms with Crippen molar-refractivity contribution in [3.63, 3.8) is 0 Å². The molecule has 1 N–H and O–H groups in total. The molecule has 7 nitrogen and oxygen atoms in total. The zero-order chi connectivity index (χ0) is 20.4. The molecule has 3 aromatic carbocycles. The van der Waals surface area contributed by atoms with Gasteiger partial charge in [0.1, 0.15) is 0 Å². The maximum Gasteiger partial charge on any atom is 0.272 e. The first-order chi connectivity index (χ1) is 14.0. The van der Waals surface area contributed by atoms with Gasteiger partial charge in [0.2, 0.25) is 0 Å². The first-order valence-corrected chi connectivity index (χ1v) is 8.90. The molecule has 0 spiro atoms. The molecule has 29 heavy (non-hydrogen) atoms. The second-order valence-corrected chi connectivity index (χ2v) is 6.54. The van der Waals surface area contributed by atoms with Crippen LogP contribution in [0, 0.1) is 17.0 Å². The smallest absolute Gasteiger partial charge is 0.272 e. The van der Waals surface area contributed by atoms with E-state index in [1.54, 1.807) is 19.2 Å². The van der Waals surface area contributed by atoms with Crippen molar-refractivity contribution in [2.45, 2.75) is 6.92 Å². The van der Waals surface area contributed by atoms with Crippen molar-refractivity contribution in [1.82, 2.24) is 9.97 Å². The number of carbonyl (C=O) groups is 1. The first kappa shape index (κ1) is 18.2. The fraction of sp³-hybridized carbons (Fsp3) is 0.0455. The molecule has 7 heteroatoms. The van der Waals surface area contributed by atoms with Crippen LogP contribution in [0.4, 0.5) is 11.4 Å². The average Bonchev–Trinajstić information content (AvgIpc) is 2.73. The van der Waals surface area contributed by atoms with Crippen molar-refractivity contribution in [2.24, 2.45) is 0 Å². The van der Waals surface area contributed by atoms with E-state index in [4.69, 9.17) is 0 Å². The van der Waals surface area contributed by atoms with Crippen LogP contribution in [0.25, 0.3) is 22.3 Å². The Hall–Kier alpha value is -4.13. The van der Waals surface area contributed by atoms with Crippen molar-refractivity contribution < 1.29 is 9.72 Å². The monoisotopic (exact) mass is 384 g/mol. The van der Waals surface area contributed by atoms with Gasteiger partial charge >= 0.3 is 0 Å². The third-order valence-corrected chi connectivity index (χ3v) is 4.52. The standard InChI is InChI=1S/C22H16N4O3/c1-14-11-16(9-10-21(14)26(28)29)22(27)24-17-6-4-5-15(12-17)20-13-23-18-7-2-3-8-19(18)25-20/h2-13H,1H3,(H,24,27). The van der Waals surface area contributed by atoms with Gasteiger partial charge in [-0.15, -0.1) is 0 Å². The summed E-state index contributed by atoms with van der Waals surface area (Å²) >= 11 is 0. The highest BCUT2D eigenvalue weighted by atomic mass is 16.6. The summed E-state index contributed by atoms with van der Waals surface area (Å²) in [7, 11) is 0. The topological polar surface area (TPSA) is 98.0 Å². The maximum absolute atomic E-state index is 12.6. The Kier molecular flexibility index (Phi) is 4.70. The summed E-state index contributed by atoms with van der Waals surface area (Å²) in [5.41, 5.74) is 4.49. The van der Waals surface area contributed by atoms with E-state index in [2.05, 4.69) is 15.3 Å². The van der Waals surface area contributed by atoms with E-state index >= 15 is 0 Å². The van der Waals surface area contributed by atoms with Crippen molar-refractivity contribution in [1.29, 1.82) is 0 Å². The summed E-state index contributed by atoms with van der Waals surface area (Å²) in [6.45, 7) is 1.61. The normalized spacial score (nSPS) is 10.7. The van der Waals surface area contributed by atoms with Crippen molar-refractivity contribution in [3.8, 4) is 11.3 Å². The lowest BCUT2D eigenvalue weighted by Crippen LogP contribution is -2.12. The molecule has 1 aromatic heterocycles. The summed E-state index contributed by atoms with van der Waals surface area (Å²) in [5.74, 6) is -0.343. The van der Waals surface area contributed by atoms with Crippen LogP contribution in [0.1, 0.15) is 15.9 Å². The van der Waals surface area contributed by atoms with E-state index in [9.17, 15) is 14.9 Å². The molecule has 0 unspecified atom stereocenters. The fourth-order valence-corrected chi connectivity index (χ4v) is 3.06. The molecule has 0 atom stereocenters. The molecule has 0 saturated heterocycles. The Balaban J connectivity index is 1.59. The minimum atomic E-state index is -0.467. The number of hydrogen-bond acceptors (Lipinski definition) is 5. The number of nitro groups is 1. The molecule has 0 saturated carbocycles. The number of benzene rings is 3. The van der Waals surface area contributed by atoms with Gasteiger partial charge < -0.3 is 5.32 Å². The number of rotatable bonds is 4. The fourth-order valence-electron chi connectivity index (χ4n) is 3.06. The van der Waals surface area contributed by atoms with Crippen LogP contribution in [-0.4, -0.2) is 20.8 Å². The quantitative estimate of drug-likeness (QED) is 0.404. The average molecular weight is 384 g/mol. The predicted molar refractivity (Wildman–Crippen MR) is 111 cm³/mol. The third-order valence-electron chi connectivity index (χ3n) is 4.52. The van der Waals surface area contributed by atoms with Crippen LogP contribution < -0.4 is 5.32 Å². The Morgan fingerprint density at radius 2 is 1.79 bits per heavy atom. The van der Waals surface area contributed by atoms with Gasteiger partial charge in [0.15, 0.2) is 0 Å². The van der Waals surface area contributed by atoms with Gasteiger partial charge in [-0.2, -0.15) is 0 Å². The SMILES string of the molecule is Cc1cc(C(=O)Nc2cccc(-c3cnc4ccccc4n3)c2)ccc1[N+](=O)[O-]. The lowest BCUT2D eigenvalue weighted by atomic mass is 10.1. The van der Waals surface area contributed by atoms with E-state index in [1.165, 1.54) is 18.2 Å². The summed E-state index contributed by atoms with van der Waals surface area (Å²) in [4.78, 5) is 32.1. The summed E-state index contributed by atoms with van der Waals surface area (Å²) < 4.78 is 0. The molecule has 1 heterocycles. The Morgan fingerprint density at radius 3 is 2.55 bits per heavy atom. The van der Waals surface area contributed by atoms with E-state index in [0.717, 1.165) is 16.6 Å². The summed E-state index contributed by atoms with van der Waals surface area (Å²) in [6, 6.07) is 19.2. The van der Waals surface area contributed by atoms with Crippen LogP contribution in [0.2, 0.25) is 0 Å². The number of para-hydroxylation sites is 2. The number of nitrogens with zero attached hydrogens (tertiary/aromatic N) is 3. The molecule has 1 amide bonds. The highest BCUT2D eigenvalue weighted by molar-refractivity contribution is 6.04. The minimum absolute atomic E-state index is 0.0153. The molecule has 0 radical (unpaired) electrons. The predicted octanol–water partition coefficient (Wildman–Crippen LogP) is 4.77. The third kappa shape index (κ3) is 3.79. The van der Waals surface area contributed by atoms with Gasteiger partial charge in [0.05, 0.1) is 27.8 Å². The number of aromatic nitrogens is 2. The number of amides is 1. The molecule has 0 fully saturated rings. The molecule has 4 rings (SSSR count). The lowest BCUT2D eigenvalue weighted by molar-refractivity contribution is -0.385. The molecule has 142 valence electrons. The number of nitro benzene ring substituents is 1. The van der Waals surface area contributed by atoms with Crippen LogP contribution in [0.15, 0.2) is 72.9 Å². The second-order valence-electron chi connectivity index (χ2n) is 6.54. The Bertz CT molecular complexity index is 1250. The minimum Gasteiger partial charge on any atom is -0.322 e. The molecular formula is C22H16N4O3. The van der Waals surface area contributed by atoms with E-state index in [1.807, 2.05) is 42.5 Å². The van der Waals surface area contributed by atoms with Gasteiger partial charge in [-0.3, -0.25) is 19.9 Å². The van der Waals surface area contributed by atoms with Crippen molar-refractivity contribution in [3.05, 3.63) is 94.2 Å². The van der Waals surface area contributed by atoms with Crippen molar-refractivity contribution in [2.75, 3.05) is 5.32 Å². The zero-order valence-electron chi connectivity index (χ0n) is 15.5. The lowest BCUT2D eigenvalue weighted by Gasteiger charge is -2.08. The maximum atomic E-state index is 12.6. The van der Waals surface area contributed by atoms with Crippen molar-refractivity contribution >= 4 is 28.3 Å². The largest absolute Gasteiger partial charge is 0.322 e. The molecule has 0 bridgehead atoms. The van der Waals surface area contributed by atoms with Crippen LogP contribution >= 0.6 is 0 Å². The molecule has 0 aliphatic carbocycles. The number of anilines is 1. The van der Waals surface area contributed by atoms with Gasteiger partial charge in [-0.05, 0) is 43.3 Å². The number of aryl methyl sites for hydroxylation is 1. The molecular weight excluding hydrogens is 368 g/mol. The Morgan fingerprint density at radius 1 is 1.00 bits per heavy atom. The molecule has 0 aliphatic rings. The molecule has 4 aromatic rings. The van der Waals surface area contributed by atoms with Crippen LogP contribution in [0.5, 0.6) is 0 Å². The number of fused-ring (bicyclic) bond motifs is 1. The first-order valence-electron chi connectivity index (χ1n) is 8.90. The number of nitrogens with one attached hydrogen (secondary N) is 1. The van der Waals surface area contributed by atoms with Gasteiger partial charge in [-0.25, -0.2) is 4.98 Å². The number of hydrogen-bond donors (Lipinski definition) is 1. The van der Waals surface area contributed by atoms with Gasteiger partial charge in [0, 0.05) is 28.4 Å². The Labute approximate surface area is 166 Å². The van der Waals surface area contributed by atoms with Gasteiger partial charge in [-0.1, -0.05) is 24.3 Å². The van der Waals surface area contributed by atoms with E-state index < -0.39 is 4.92 Å². The van der Waals surface area contributed by atoms with Crippen LogP contribution in [-0.2, 0) is 0 Å².